The van der Waals surface area contributed by atoms with Crippen LogP contribution < -0.4 is 9.47 Å². The third-order valence-corrected chi connectivity index (χ3v) is 6.43. The van der Waals surface area contributed by atoms with Crippen LogP contribution in [0.1, 0.15) is 27.6 Å². The summed E-state index contributed by atoms with van der Waals surface area (Å²) in [5.41, 5.74) is 2.19. The molecule has 1 aromatic heterocycles. The molecule has 1 fully saturated rings. The number of nitrogens with zero attached hydrogens (tertiary/aromatic N) is 1. The minimum Gasteiger partial charge on any atom is -0.507 e. The first kappa shape index (κ1) is 21.6. The van der Waals surface area contributed by atoms with Crippen LogP contribution in [0.25, 0.3) is 5.76 Å². The average molecular weight is 450 g/mol. The SMILES string of the molecule is COc1cccc(CN2C(=O)C(=O)/C(=C(\O)c3ccc(OC)c(C)c3)C2c2cccs2)c1. The Balaban J connectivity index is 1.81. The maximum absolute atomic E-state index is 13.1. The van der Waals surface area contributed by atoms with E-state index >= 15 is 0 Å². The molecule has 0 radical (unpaired) electrons. The van der Waals surface area contributed by atoms with Gasteiger partial charge in [0.25, 0.3) is 11.7 Å². The molecule has 1 amide bonds. The van der Waals surface area contributed by atoms with Crippen molar-refractivity contribution in [1.29, 1.82) is 0 Å². The van der Waals surface area contributed by atoms with E-state index in [1.807, 2.05) is 48.7 Å². The molecule has 0 spiro atoms. The van der Waals surface area contributed by atoms with E-state index in [4.69, 9.17) is 9.47 Å². The number of ether oxygens (including phenoxy) is 2. The van der Waals surface area contributed by atoms with Gasteiger partial charge in [-0.05, 0) is 59.8 Å². The molecule has 0 saturated carbocycles. The fraction of sp³-hybridized carbons (Fsp3) is 0.200. The highest BCUT2D eigenvalue weighted by Crippen LogP contribution is 2.42. The molecule has 1 aliphatic heterocycles. The Morgan fingerprint density at radius 1 is 1.06 bits per heavy atom. The fourth-order valence-corrected chi connectivity index (χ4v) is 4.78. The zero-order valence-electron chi connectivity index (χ0n) is 18.0. The third-order valence-electron chi connectivity index (χ3n) is 5.51. The van der Waals surface area contributed by atoms with Gasteiger partial charge in [-0.3, -0.25) is 9.59 Å². The van der Waals surface area contributed by atoms with Crippen molar-refractivity contribution in [3.05, 3.63) is 87.1 Å². The molecule has 7 heteroatoms. The number of benzene rings is 2. The number of ketones is 1. The van der Waals surface area contributed by atoms with E-state index < -0.39 is 17.7 Å². The van der Waals surface area contributed by atoms with Crippen molar-refractivity contribution in [2.45, 2.75) is 19.5 Å². The van der Waals surface area contributed by atoms with Gasteiger partial charge >= 0.3 is 0 Å². The topological polar surface area (TPSA) is 76.1 Å². The predicted octanol–water partition coefficient (Wildman–Crippen LogP) is 4.70. The standard InChI is InChI=1S/C25H23NO5S/c1-15-12-17(9-10-19(15)31-3)23(27)21-22(20-8-5-11-32-20)26(25(29)24(21)28)14-16-6-4-7-18(13-16)30-2/h4-13,22,27H,14H2,1-3H3/b23-21-. The van der Waals surface area contributed by atoms with Crippen molar-refractivity contribution in [2.24, 2.45) is 0 Å². The molecular weight excluding hydrogens is 426 g/mol. The highest BCUT2D eigenvalue weighted by atomic mass is 32.1. The van der Waals surface area contributed by atoms with Crippen LogP contribution in [-0.2, 0) is 16.1 Å². The van der Waals surface area contributed by atoms with Crippen molar-refractivity contribution in [3.8, 4) is 11.5 Å². The molecule has 2 heterocycles. The van der Waals surface area contributed by atoms with E-state index in [0.717, 1.165) is 16.0 Å². The van der Waals surface area contributed by atoms with E-state index in [9.17, 15) is 14.7 Å². The van der Waals surface area contributed by atoms with Crippen molar-refractivity contribution >= 4 is 28.8 Å². The second-order valence-electron chi connectivity index (χ2n) is 7.48. The molecule has 1 atom stereocenters. The smallest absolute Gasteiger partial charge is 0.295 e. The van der Waals surface area contributed by atoms with Crippen LogP contribution in [0.15, 0.2) is 65.6 Å². The number of carbonyl (C=O) groups excluding carboxylic acids is 2. The number of rotatable bonds is 6. The summed E-state index contributed by atoms with van der Waals surface area (Å²) in [5, 5.41) is 13.0. The third kappa shape index (κ3) is 3.87. The lowest BCUT2D eigenvalue weighted by atomic mass is 9.98. The van der Waals surface area contributed by atoms with Crippen LogP contribution in [0.2, 0.25) is 0 Å². The fourth-order valence-electron chi connectivity index (χ4n) is 3.93. The molecule has 164 valence electrons. The molecule has 1 unspecified atom stereocenters. The van der Waals surface area contributed by atoms with Crippen molar-refractivity contribution in [3.63, 3.8) is 0 Å². The zero-order valence-corrected chi connectivity index (χ0v) is 18.8. The van der Waals surface area contributed by atoms with Crippen LogP contribution in [0, 0.1) is 6.92 Å². The van der Waals surface area contributed by atoms with E-state index in [2.05, 4.69) is 0 Å². The van der Waals surface area contributed by atoms with Crippen LogP contribution in [0.4, 0.5) is 0 Å². The monoisotopic (exact) mass is 449 g/mol. The summed E-state index contributed by atoms with van der Waals surface area (Å²) >= 11 is 1.44. The first-order valence-corrected chi connectivity index (χ1v) is 10.9. The van der Waals surface area contributed by atoms with Gasteiger partial charge in [0, 0.05) is 17.0 Å². The molecule has 2 aromatic carbocycles. The molecular formula is C25H23NO5S. The van der Waals surface area contributed by atoms with Gasteiger partial charge in [-0.15, -0.1) is 11.3 Å². The van der Waals surface area contributed by atoms with Crippen molar-refractivity contribution < 1.29 is 24.2 Å². The second-order valence-corrected chi connectivity index (χ2v) is 8.46. The molecule has 3 aromatic rings. The molecule has 0 aliphatic carbocycles. The Morgan fingerprint density at radius 2 is 1.88 bits per heavy atom. The van der Waals surface area contributed by atoms with Crippen LogP contribution >= 0.6 is 11.3 Å². The Kier molecular flexibility index (Phi) is 6.01. The number of thiophene rings is 1. The summed E-state index contributed by atoms with van der Waals surface area (Å²) in [7, 11) is 3.15. The molecule has 0 bridgehead atoms. The minimum atomic E-state index is -0.697. The number of hydrogen-bond acceptors (Lipinski definition) is 6. The van der Waals surface area contributed by atoms with Crippen LogP contribution in [-0.4, -0.2) is 35.9 Å². The largest absolute Gasteiger partial charge is 0.507 e. The number of likely N-dealkylation sites (tertiary alicyclic amines) is 1. The Labute approximate surface area is 190 Å². The number of aliphatic hydroxyl groups is 1. The van der Waals surface area contributed by atoms with Gasteiger partial charge < -0.3 is 19.5 Å². The lowest BCUT2D eigenvalue weighted by Crippen LogP contribution is -2.28. The van der Waals surface area contributed by atoms with E-state index in [-0.39, 0.29) is 17.9 Å². The number of methoxy groups -OCH3 is 2. The van der Waals surface area contributed by atoms with E-state index in [1.54, 1.807) is 32.4 Å². The zero-order chi connectivity index (χ0) is 22.8. The summed E-state index contributed by atoms with van der Waals surface area (Å²) in [6.07, 6.45) is 0. The Morgan fingerprint density at radius 3 is 2.53 bits per heavy atom. The van der Waals surface area contributed by atoms with Gasteiger partial charge in [0.15, 0.2) is 0 Å². The van der Waals surface area contributed by atoms with Gasteiger partial charge in [0.2, 0.25) is 0 Å². The van der Waals surface area contributed by atoms with E-state index in [1.165, 1.54) is 16.2 Å². The number of aliphatic hydroxyl groups excluding tert-OH is 1. The molecule has 1 aliphatic rings. The number of Topliss-reactive ketones (excluding diaryl/α,β-unsaturated/α-hetero) is 1. The molecule has 32 heavy (non-hydrogen) atoms. The number of aryl methyl sites for hydroxylation is 1. The normalized spacial score (nSPS) is 17.6. The Bertz CT molecular complexity index is 1200. The summed E-state index contributed by atoms with van der Waals surface area (Å²) in [6, 6.07) is 15.6. The number of hydrogen-bond donors (Lipinski definition) is 1. The van der Waals surface area contributed by atoms with Crippen LogP contribution in [0.3, 0.4) is 0 Å². The first-order chi connectivity index (χ1) is 15.4. The van der Waals surface area contributed by atoms with Gasteiger partial charge in [0.05, 0.1) is 25.8 Å². The summed E-state index contributed by atoms with van der Waals surface area (Å²) in [4.78, 5) is 28.5. The van der Waals surface area contributed by atoms with Crippen molar-refractivity contribution in [1.82, 2.24) is 4.90 Å². The van der Waals surface area contributed by atoms with E-state index in [0.29, 0.717) is 17.1 Å². The van der Waals surface area contributed by atoms with Gasteiger partial charge in [-0.25, -0.2) is 0 Å². The second kappa shape index (κ2) is 8.88. The first-order valence-electron chi connectivity index (χ1n) is 10.0. The quantitative estimate of drug-likeness (QED) is 0.336. The summed E-state index contributed by atoms with van der Waals surface area (Å²) in [5.74, 6) is -0.189. The van der Waals surface area contributed by atoms with Crippen molar-refractivity contribution in [2.75, 3.05) is 14.2 Å². The number of carbonyl (C=O) groups is 2. The van der Waals surface area contributed by atoms with Gasteiger partial charge in [-0.1, -0.05) is 18.2 Å². The maximum Gasteiger partial charge on any atom is 0.295 e. The number of amides is 1. The van der Waals surface area contributed by atoms with Gasteiger partial charge in [0.1, 0.15) is 17.3 Å². The van der Waals surface area contributed by atoms with Gasteiger partial charge in [-0.2, -0.15) is 0 Å². The minimum absolute atomic E-state index is 0.0879. The predicted molar refractivity (Wildman–Crippen MR) is 123 cm³/mol. The molecule has 6 nitrogen and oxygen atoms in total. The molecule has 4 rings (SSSR count). The summed E-state index contributed by atoms with van der Waals surface area (Å²) < 4.78 is 10.6. The van der Waals surface area contributed by atoms with Crippen LogP contribution in [0.5, 0.6) is 11.5 Å². The lowest BCUT2D eigenvalue weighted by Gasteiger charge is -2.24. The summed E-state index contributed by atoms with van der Waals surface area (Å²) in [6.45, 7) is 2.07. The molecule has 1 saturated heterocycles. The maximum atomic E-state index is 13.1. The highest BCUT2D eigenvalue weighted by molar-refractivity contribution is 7.10. The highest BCUT2D eigenvalue weighted by Gasteiger charge is 2.46. The lowest BCUT2D eigenvalue weighted by molar-refractivity contribution is -0.140. The molecule has 1 N–H and O–H groups in total. The average Bonchev–Trinajstić information content (AvgIpc) is 3.41. The Hall–Kier alpha value is -3.58.